The Bertz CT molecular complexity index is 1200. The molecule has 0 fully saturated rings. The summed E-state index contributed by atoms with van der Waals surface area (Å²) in [7, 11) is 0. The fourth-order valence-corrected chi connectivity index (χ4v) is 3.04. The third-order valence-electron chi connectivity index (χ3n) is 4.42. The Morgan fingerprint density at radius 1 is 1.03 bits per heavy atom. The van der Waals surface area contributed by atoms with Crippen LogP contribution in [0, 0.1) is 0 Å². The zero-order chi connectivity index (χ0) is 20.9. The third-order valence-corrected chi connectivity index (χ3v) is 4.42. The maximum atomic E-state index is 13.1. The van der Waals surface area contributed by atoms with E-state index >= 15 is 0 Å². The molecule has 4 aromatic rings. The summed E-state index contributed by atoms with van der Waals surface area (Å²) in [6, 6.07) is 17.4. The van der Waals surface area contributed by atoms with Gasteiger partial charge in [-0.3, -0.25) is 9.59 Å². The zero-order valence-electron chi connectivity index (χ0n) is 16.3. The van der Waals surface area contributed by atoms with Crippen molar-refractivity contribution in [2.75, 3.05) is 11.9 Å². The van der Waals surface area contributed by atoms with E-state index in [4.69, 9.17) is 13.6 Å². The van der Waals surface area contributed by atoms with Crippen molar-refractivity contribution >= 4 is 34.4 Å². The second-order valence-electron chi connectivity index (χ2n) is 6.43. The van der Waals surface area contributed by atoms with Crippen LogP contribution in [0.3, 0.4) is 0 Å². The molecule has 0 atom stereocenters. The number of nitrogens with one attached hydrogen (secondary N) is 1. The van der Waals surface area contributed by atoms with E-state index in [1.807, 2.05) is 13.0 Å². The number of ketones is 1. The van der Waals surface area contributed by atoms with E-state index in [0.29, 0.717) is 40.3 Å². The van der Waals surface area contributed by atoms with Gasteiger partial charge in [-0.1, -0.05) is 12.1 Å². The van der Waals surface area contributed by atoms with Gasteiger partial charge in [0.1, 0.15) is 17.1 Å². The number of benzene rings is 2. The summed E-state index contributed by atoms with van der Waals surface area (Å²) in [5.41, 5.74) is 1.27. The number of amides is 1. The van der Waals surface area contributed by atoms with Crippen LogP contribution in [0.25, 0.3) is 17.0 Å². The van der Waals surface area contributed by atoms with Crippen molar-refractivity contribution in [2.24, 2.45) is 0 Å². The van der Waals surface area contributed by atoms with Gasteiger partial charge in [-0.2, -0.15) is 0 Å². The molecule has 0 aliphatic heterocycles. The molecule has 1 amide bonds. The second-order valence-corrected chi connectivity index (χ2v) is 6.43. The Morgan fingerprint density at radius 3 is 2.57 bits per heavy atom. The van der Waals surface area contributed by atoms with Crippen LogP contribution in [0.15, 0.2) is 81.8 Å². The minimum Gasteiger partial charge on any atom is -0.494 e. The van der Waals surface area contributed by atoms with Crippen LogP contribution < -0.4 is 10.1 Å². The van der Waals surface area contributed by atoms with Gasteiger partial charge in [0.15, 0.2) is 5.76 Å². The number of ether oxygens (including phenoxy) is 1. The SMILES string of the molecule is CCOc1ccc(C(=O)c2oc3ccccc3c2NC(=O)/C=C/c2ccco2)cc1. The van der Waals surface area contributed by atoms with E-state index in [-0.39, 0.29) is 11.5 Å². The molecule has 4 rings (SSSR count). The van der Waals surface area contributed by atoms with Gasteiger partial charge in [-0.15, -0.1) is 0 Å². The van der Waals surface area contributed by atoms with Crippen LogP contribution in [-0.4, -0.2) is 18.3 Å². The molecule has 2 heterocycles. The number of hydrogen-bond donors (Lipinski definition) is 1. The highest BCUT2D eigenvalue weighted by Gasteiger charge is 2.23. The summed E-state index contributed by atoms with van der Waals surface area (Å²) in [5, 5.41) is 3.42. The summed E-state index contributed by atoms with van der Waals surface area (Å²) >= 11 is 0. The van der Waals surface area contributed by atoms with Crippen molar-refractivity contribution in [1.82, 2.24) is 0 Å². The lowest BCUT2D eigenvalue weighted by Gasteiger charge is -2.05. The summed E-state index contributed by atoms with van der Waals surface area (Å²) in [5.74, 6) is 0.557. The van der Waals surface area contributed by atoms with Gasteiger partial charge in [0.05, 0.1) is 18.6 Å². The highest BCUT2D eigenvalue weighted by Crippen LogP contribution is 2.32. The van der Waals surface area contributed by atoms with E-state index in [9.17, 15) is 9.59 Å². The summed E-state index contributed by atoms with van der Waals surface area (Å²) < 4.78 is 16.4. The van der Waals surface area contributed by atoms with Crippen molar-refractivity contribution in [3.8, 4) is 5.75 Å². The monoisotopic (exact) mass is 401 g/mol. The number of carbonyl (C=O) groups is 2. The molecule has 0 saturated carbocycles. The zero-order valence-corrected chi connectivity index (χ0v) is 16.3. The first-order valence-corrected chi connectivity index (χ1v) is 9.47. The Kier molecular flexibility index (Phi) is 5.48. The molecule has 0 saturated heterocycles. The summed E-state index contributed by atoms with van der Waals surface area (Å²) in [4.78, 5) is 25.6. The van der Waals surface area contributed by atoms with Gasteiger partial charge in [0, 0.05) is 17.0 Å². The molecule has 30 heavy (non-hydrogen) atoms. The van der Waals surface area contributed by atoms with Crippen LogP contribution in [0.5, 0.6) is 5.75 Å². The molecule has 1 N–H and O–H groups in total. The van der Waals surface area contributed by atoms with Gasteiger partial charge in [-0.05, 0) is 61.5 Å². The number of furan rings is 2. The normalized spacial score (nSPS) is 11.1. The Morgan fingerprint density at radius 2 is 1.83 bits per heavy atom. The molecule has 6 nitrogen and oxygen atoms in total. The van der Waals surface area contributed by atoms with Crippen LogP contribution in [0.4, 0.5) is 5.69 Å². The van der Waals surface area contributed by atoms with Crippen molar-refractivity contribution < 1.29 is 23.2 Å². The number of carbonyl (C=O) groups excluding carboxylic acids is 2. The highest BCUT2D eigenvalue weighted by molar-refractivity contribution is 6.18. The Labute approximate surface area is 172 Å². The molecule has 0 radical (unpaired) electrons. The van der Waals surface area contributed by atoms with E-state index in [0.717, 1.165) is 0 Å². The largest absolute Gasteiger partial charge is 0.494 e. The predicted octanol–water partition coefficient (Wildman–Crippen LogP) is 5.31. The van der Waals surface area contributed by atoms with Gasteiger partial charge in [0.25, 0.3) is 0 Å². The van der Waals surface area contributed by atoms with Gasteiger partial charge >= 0.3 is 0 Å². The van der Waals surface area contributed by atoms with Crippen molar-refractivity contribution in [2.45, 2.75) is 6.92 Å². The van der Waals surface area contributed by atoms with Crippen LogP contribution in [0.1, 0.15) is 28.8 Å². The molecule has 2 aromatic heterocycles. The van der Waals surface area contributed by atoms with E-state index in [2.05, 4.69) is 5.32 Å². The van der Waals surface area contributed by atoms with Crippen LogP contribution >= 0.6 is 0 Å². The highest BCUT2D eigenvalue weighted by atomic mass is 16.5. The number of anilines is 1. The van der Waals surface area contributed by atoms with Crippen molar-refractivity contribution in [3.63, 3.8) is 0 Å². The molecule has 0 bridgehead atoms. The molecule has 150 valence electrons. The molecular formula is C24H19NO5. The van der Waals surface area contributed by atoms with Gasteiger partial charge < -0.3 is 18.9 Å². The van der Waals surface area contributed by atoms with E-state index in [1.165, 1.54) is 12.3 Å². The molecule has 0 spiro atoms. The predicted molar refractivity (Wildman–Crippen MR) is 114 cm³/mol. The summed E-state index contributed by atoms with van der Waals surface area (Å²) in [6.07, 6.45) is 4.41. The maximum Gasteiger partial charge on any atom is 0.248 e. The average molecular weight is 401 g/mol. The maximum absolute atomic E-state index is 13.1. The quantitative estimate of drug-likeness (QED) is 0.335. The topological polar surface area (TPSA) is 81.7 Å². The molecule has 0 unspecified atom stereocenters. The summed E-state index contributed by atoms with van der Waals surface area (Å²) in [6.45, 7) is 2.43. The fourth-order valence-electron chi connectivity index (χ4n) is 3.04. The molecule has 2 aromatic carbocycles. The van der Waals surface area contributed by atoms with E-state index in [1.54, 1.807) is 60.7 Å². The van der Waals surface area contributed by atoms with Crippen LogP contribution in [-0.2, 0) is 4.79 Å². The lowest BCUT2D eigenvalue weighted by molar-refractivity contribution is -0.111. The number of para-hydroxylation sites is 1. The first kappa shape index (κ1) is 19.3. The van der Waals surface area contributed by atoms with Crippen LogP contribution in [0.2, 0.25) is 0 Å². The average Bonchev–Trinajstić information content (AvgIpc) is 3.41. The smallest absolute Gasteiger partial charge is 0.248 e. The lowest BCUT2D eigenvalue weighted by Crippen LogP contribution is -2.11. The molecule has 6 heteroatoms. The number of fused-ring (bicyclic) bond motifs is 1. The fraction of sp³-hybridized carbons (Fsp3) is 0.0833. The first-order chi connectivity index (χ1) is 14.7. The Balaban J connectivity index is 1.66. The van der Waals surface area contributed by atoms with Gasteiger partial charge in [0.2, 0.25) is 11.7 Å². The third kappa shape index (κ3) is 4.03. The van der Waals surface area contributed by atoms with Crippen molar-refractivity contribution in [3.05, 3.63) is 90.1 Å². The molecule has 0 aliphatic carbocycles. The number of rotatable bonds is 7. The van der Waals surface area contributed by atoms with Gasteiger partial charge in [-0.25, -0.2) is 0 Å². The minimum absolute atomic E-state index is 0.0695. The second kappa shape index (κ2) is 8.53. The molecular weight excluding hydrogens is 382 g/mol. The van der Waals surface area contributed by atoms with E-state index < -0.39 is 5.91 Å². The number of hydrogen-bond acceptors (Lipinski definition) is 5. The lowest BCUT2D eigenvalue weighted by atomic mass is 10.1. The van der Waals surface area contributed by atoms with Crippen molar-refractivity contribution in [1.29, 1.82) is 0 Å². The first-order valence-electron chi connectivity index (χ1n) is 9.47. The molecule has 0 aliphatic rings. The minimum atomic E-state index is -0.404. The standard InChI is InChI=1S/C24H19NO5/c1-2-28-18-11-9-16(10-12-18)23(27)24-22(19-7-3-4-8-20(19)30-24)25-21(26)14-13-17-6-5-15-29-17/h3-15H,2H2,1H3,(H,25,26)/b14-13+. The Hall–Kier alpha value is -4.06.